The minimum absolute atomic E-state index is 0.0854. The quantitative estimate of drug-likeness (QED) is 0.658. The monoisotopic (exact) mass is 314 g/mol. The number of hydrogen-bond acceptors (Lipinski definition) is 2. The highest BCUT2D eigenvalue weighted by Gasteiger charge is 2.26. The summed E-state index contributed by atoms with van der Waals surface area (Å²) in [5, 5.41) is 2.59. The highest BCUT2D eigenvalue weighted by atomic mass is 35.5. The lowest BCUT2D eigenvalue weighted by molar-refractivity contribution is -0.135. The Hall–Kier alpha value is -1.14. The summed E-state index contributed by atoms with van der Waals surface area (Å²) in [4.78, 5) is 11.6. The molecule has 1 rings (SSSR count). The number of carbonyl (C=O) groups excluding carboxylic acids is 1. The van der Waals surface area contributed by atoms with Gasteiger partial charge in [0.15, 0.2) is 0 Å². The highest BCUT2D eigenvalue weighted by molar-refractivity contribution is 6.39. The van der Waals surface area contributed by atoms with Gasteiger partial charge in [-0.25, -0.2) is 0 Å². The molecule has 0 aliphatic heterocycles. The van der Waals surface area contributed by atoms with Gasteiger partial charge in [0.2, 0.25) is 0 Å². The lowest BCUT2D eigenvalue weighted by atomic mass is 10.2. The number of halogens is 5. The lowest BCUT2D eigenvalue weighted by Gasteiger charge is -2.09. The van der Waals surface area contributed by atoms with E-state index in [-0.39, 0.29) is 34.3 Å². The number of rotatable bonds is 4. The summed E-state index contributed by atoms with van der Waals surface area (Å²) >= 11 is 11.5. The van der Waals surface area contributed by atoms with Crippen LogP contribution in [0.4, 0.5) is 18.9 Å². The second kappa shape index (κ2) is 6.34. The van der Waals surface area contributed by atoms with E-state index in [0.29, 0.717) is 0 Å². The molecule has 1 aromatic carbocycles. The Morgan fingerprint density at radius 2 is 1.79 bits per heavy atom. The summed E-state index contributed by atoms with van der Waals surface area (Å²) in [5.74, 6) is -0.550. The molecule has 3 nitrogen and oxygen atoms in total. The van der Waals surface area contributed by atoms with E-state index in [2.05, 4.69) is 5.32 Å². The van der Waals surface area contributed by atoms with Crippen molar-refractivity contribution in [3.05, 3.63) is 27.7 Å². The summed E-state index contributed by atoms with van der Waals surface area (Å²) in [7, 11) is 0. The van der Waals surface area contributed by atoms with Crippen molar-refractivity contribution in [3.63, 3.8) is 0 Å². The van der Waals surface area contributed by atoms with E-state index >= 15 is 0 Å². The van der Waals surface area contributed by atoms with Crippen molar-refractivity contribution in [2.45, 2.75) is 19.0 Å². The predicted octanol–water partition coefficient (Wildman–Crippen LogP) is 3.65. The van der Waals surface area contributed by atoms with Crippen molar-refractivity contribution in [3.8, 4) is 0 Å². The number of hydrogen-bond donors (Lipinski definition) is 2. The fourth-order valence-corrected chi connectivity index (χ4v) is 1.80. The zero-order valence-electron chi connectivity index (χ0n) is 9.65. The zero-order valence-corrected chi connectivity index (χ0v) is 11.2. The van der Waals surface area contributed by atoms with E-state index in [1.165, 1.54) is 12.1 Å². The Morgan fingerprint density at radius 3 is 2.26 bits per heavy atom. The number of anilines is 1. The van der Waals surface area contributed by atoms with Crippen LogP contribution in [0.3, 0.4) is 0 Å². The van der Waals surface area contributed by atoms with Crippen LogP contribution in [0, 0.1) is 0 Å². The van der Waals surface area contributed by atoms with Gasteiger partial charge in [-0.15, -0.1) is 0 Å². The lowest BCUT2D eigenvalue weighted by Crippen LogP contribution is -2.25. The number of amides is 1. The van der Waals surface area contributed by atoms with Crippen LogP contribution in [0.2, 0.25) is 10.0 Å². The Balaban J connectivity index is 2.55. The molecule has 1 aromatic rings. The van der Waals surface area contributed by atoms with Gasteiger partial charge in [-0.1, -0.05) is 23.2 Å². The molecule has 8 heteroatoms. The van der Waals surface area contributed by atoms with Crippen LogP contribution in [0.5, 0.6) is 0 Å². The van der Waals surface area contributed by atoms with Gasteiger partial charge in [-0.2, -0.15) is 13.2 Å². The minimum atomic E-state index is -4.22. The minimum Gasteiger partial charge on any atom is -0.396 e. The maximum Gasteiger partial charge on any atom is 0.389 e. The molecule has 0 aliphatic carbocycles. The summed E-state index contributed by atoms with van der Waals surface area (Å²) in [5.41, 5.74) is 5.80. The third-order valence-electron chi connectivity index (χ3n) is 2.26. The largest absolute Gasteiger partial charge is 0.396 e. The van der Waals surface area contributed by atoms with Crippen LogP contribution in [0.25, 0.3) is 0 Å². The van der Waals surface area contributed by atoms with Crippen molar-refractivity contribution >= 4 is 34.8 Å². The van der Waals surface area contributed by atoms with Gasteiger partial charge in [-0.05, 0) is 18.6 Å². The van der Waals surface area contributed by atoms with Gasteiger partial charge in [0.05, 0.1) is 15.7 Å². The number of carbonyl (C=O) groups is 1. The summed E-state index contributed by atoms with van der Waals surface area (Å²) in [6.07, 6.45) is -5.36. The van der Waals surface area contributed by atoms with Crippen LogP contribution in [-0.4, -0.2) is 18.6 Å². The van der Waals surface area contributed by atoms with E-state index in [4.69, 9.17) is 28.9 Å². The first-order valence-corrected chi connectivity index (χ1v) is 6.06. The summed E-state index contributed by atoms with van der Waals surface area (Å²) in [6.45, 7) is -0.0854. The van der Waals surface area contributed by atoms with Crippen molar-refractivity contribution < 1.29 is 18.0 Å². The third-order valence-corrected chi connectivity index (χ3v) is 2.89. The van der Waals surface area contributed by atoms with Crippen molar-refractivity contribution in [1.82, 2.24) is 5.32 Å². The first kappa shape index (κ1) is 15.9. The fourth-order valence-electron chi connectivity index (χ4n) is 1.31. The highest BCUT2D eigenvalue weighted by Crippen LogP contribution is 2.28. The zero-order chi connectivity index (χ0) is 14.6. The molecule has 0 atom stereocenters. The standard InChI is InChI=1S/C11H11Cl2F3N2O/c12-7-4-6(5-8(13)9(7)17)10(19)18-3-1-2-11(14,15)16/h4-5H,1-3,17H2,(H,18,19). The second-order valence-electron chi connectivity index (χ2n) is 3.83. The van der Waals surface area contributed by atoms with Gasteiger partial charge < -0.3 is 11.1 Å². The Morgan fingerprint density at radius 1 is 1.26 bits per heavy atom. The molecule has 0 aromatic heterocycles. The molecule has 0 heterocycles. The van der Waals surface area contributed by atoms with E-state index in [0.717, 1.165) is 0 Å². The molecular weight excluding hydrogens is 304 g/mol. The van der Waals surface area contributed by atoms with E-state index in [9.17, 15) is 18.0 Å². The Labute approximate surface area is 117 Å². The van der Waals surface area contributed by atoms with Crippen LogP contribution >= 0.6 is 23.2 Å². The van der Waals surface area contributed by atoms with Crippen LogP contribution in [0.1, 0.15) is 23.2 Å². The van der Waals surface area contributed by atoms with E-state index in [1.807, 2.05) is 0 Å². The molecular formula is C11H11Cl2F3N2O. The van der Waals surface area contributed by atoms with Crippen LogP contribution in [-0.2, 0) is 0 Å². The summed E-state index contributed by atoms with van der Waals surface area (Å²) < 4.78 is 35.7. The molecule has 0 spiro atoms. The first-order valence-electron chi connectivity index (χ1n) is 5.30. The van der Waals surface area contributed by atoms with Gasteiger partial charge in [0, 0.05) is 18.5 Å². The molecule has 19 heavy (non-hydrogen) atoms. The smallest absolute Gasteiger partial charge is 0.389 e. The normalized spacial score (nSPS) is 11.4. The molecule has 0 bridgehead atoms. The molecule has 0 unspecified atom stereocenters. The van der Waals surface area contributed by atoms with E-state index in [1.54, 1.807) is 0 Å². The van der Waals surface area contributed by atoms with Crippen molar-refractivity contribution in [1.29, 1.82) is 0 Å². The molecule has 0 fully saturated rings. The van der Waals surface area contributed by atoms with Gasteiger partial charge in [0.25, 0.3) is 5.91 Å². The average molecular weight is 315 g/mol. The van der Waals surface area contributed by atoms with Crippen LogP contribution < -0.4 is 11.1 Å². The molecule has 0 radical (unpaired) electrons. The molecule has 1 amide bonds. The van der Waals surface area contributed by atoms with Gasteiger partial charge >= 0.3 is 6.18 Å². The molecule has 106 valence electrons. The summed E-state index contributed by atoms with van der Waals surface area (Å²) in [6, 6.07) is 2.61. The Kier molecular flexibility index (Phi) is 5.31. The van der Waals surface area contributed by atoms with E-state index < -0.39 is 18.5 Å². The number of nitrogens with two attached hydrogens (primary N) is 1. The van der Waals surface area contributed by atoms with Crippen molar-refractivity contribution in [2.75, 3.05) is 12.3 Å². The molecule has 3 N–H and O–H groups in total. The fraction of sp³-hybridized carbons (Fsp3) is 0.364. The number of nitrogen functional groups attached to an aromatic ring is 1. The third kappa shape index (κ3) is 5.16. The first-order chi connectivity index (χ1) is 8.70. The van der Waals surface area contributed by atoms with Gasteiger partial charge in [0.1, 0.15) is 0 Å². The average Bonchev–Trinajstić information content (AvgIpc) is 2.29. The molecule has 0 saturated heterocycles. The molecule has 0 aliphatic rings. The van der Waals surface area contributed by atoms with Gasteiger partial charge in [-0.3, -0.25) is 4.79 Å². The maximum absolute atomic E-state index is 11.9. The van der Waals surface area contributed by atoms with Crippen LogP contribution in [0.15, 0.2) is 12.1 Å². The second-order valence-corrected chi connectivity index (χ2v) is 4.64. The number of alkyl halides is 3. The van der Waals surface area contributed by atoms with Crippen molar-refractivity contribution in [2.24, 2.45) is 0 Å². The maximum atomic E-state index is 11.9. The number of nitrogens with one attached hydrogen (secondary N) is 1. The number of benzene rings is 1. The molecule has 0 saturated carbocycles. The Bertz CT molecular complexity index is 454. The SMILES string of the molecule is Nc1c(Cl)cc(C(=O)NCCCC(F)(F)F)cc1Cl. The predicted molar refractivity (Wildman–Crippen MR) is 68.5 cm³/mol. The topological polar surface area (TPSA) is 55.1 Å².